The molecular weight excluding hydrogens is 307 g/mol. The Hall–Kier alpha value is -2.09. The number of pyridine rings is 1. The Morgan fingerprint density at radius 1 is 1.33 bits per heavy atom. The highest BCUT2D eigenvalue weighted by Crippen LogP contribution is 2.28. The zero-order valence-corrected chi connectivity index (χ0v) is 12.6. The molecule has 0 saturated carbocycles. The quantitative estimate of drug-likeness (QED) is 0.664. The molecule has 2 heterocycles. The van der Waals surface area contributed by atoms with Crippen LogP contribution in [0, 0.1) is 11.3 Å². The first kappa shape index (κ1) is 13.9. The van der Waals surface area contributed by atoms with Gasteiger partial charge in [0.25, 0.3) is 0 Å². The van der Waals surface area contributed by atoms with Gasteiger partial charge in [-0.25, -0.2) is 9.97 Å². The molecule has 4 nitrogen and oxygen atoms in total. The van der Waals surface area contributed by atoms with E-state index in [0.29, 0.717) is 27.6 Å². The van der Waals surface area contributed by atoms with Crippen molar-refractivity contribution in [1.82, 2.24) is 14.5 Å². The van der Waals surface area contributed by atoms with E-state index >= 15 is 0 Å². The molecule has 104 valence electrons. The molecule has 0 amide bonds. The maximum atomic E-state index is 9.05. The highest BCUT2D eigenvalue weighted by Gasteiger charge is 2.17. The Balaban J connectivity index is 2.34. The standard InChI is InChI=1S/C15H10Cl2N4/c1-9(16)14-20-13-6-11(17)8-19-15(13)21(14)12-4-2-3-10(5-12)7-18/h2-6,8-9H,1H3. The summed E-state index contributed by atoms with van der Waals surface area (Å²) in [7, 11) is 0. The molecular formula is C15H10Cl2N4. The van der Waals surface area contributed by atoms with Gasteiger partial charge in [0.2, 0.25) is 0 Å². The van der Waals surface area contributed by atoms with Gasteiger partial charge in [0, 0.05) is 6.20 Å². The molecule has 0 aliphatic rings. The third kappa shape index (κ3) is 2.46. The topological polar surface area (TPSA) is 54.5 Å². The van der Waals surface area contributed by atoms with Crippen LogP contribution in [0.2, 0.25) is 5.02 Å². The number of rotatable bonds is 2. The summed E-state index contributed by atoms with van der Waals surface area (Å²) in [6, 6.07) is 11.1. The monoisotopic (exact) mass is 316 g/mol. The van der Waals surface area contributed by atoms with Crippen LogP contribution in [0.4, 0.5) is 0 Å². The second kappa shape index (κ2) is 5.36. The molecule has 0 fully saturated rings. The van der Waals surface area contributed by atoms with Crippen molar-refractivity contribution in [3.8, 4) is 11.8 Å². The number of benzene rings is 1. The summed E-state index contributed by atoms with van der Waals surface area (Å²) in [4.78, 5) is 8.85. The lowest BCUT2D eigenvalue weighted by Gasteiger charge is -2.10. The SMILES string of the molecule is CC(Cl)c1nc2cc(Cl)cnc2n1-c1cccc(C#N)c1. The van der Waals surface area contributed by atoms with Gasteiger partial charge in [-0.1, -0.05) is 17.7 Å². The number of imidazole rings is 1. The first-order valence-corrected chi connectivity index (χ1v) is 7.10. The van der Waals surface area contributed by atoms with Crippen LogP contribution in [0.1, 0.15) is 23.7 Å². The Morgan fingerprint density at radius 3 is 2.86 bits per heavy atom. The first-order valence-electron chi connectivity index (χ1n) is 6.28. The number of aromatic nitrogens is 3. The summed E-state index contributed by atoms with van der Waals surface area (Å²) in [6.07, 6.45) is 1.57. The van der Waals surface area contributed by atoms with E-state index in [1.807, 2.05) is 23.6 Å². The lowest BCUT2D eigenvalue weighted by Crippen LogP contribution is -2.02. The summed E-state index contributed by atoms with van der Waals surface area (Å²) >= 11 is 12.2. The van der Waals surface area contributed by atoms with Gasteiger partial charge < -0.3 is 0 Å². The fraction of sp³-hybridized carbons (Fsp3) is 0.133. The average Bonchev–Trinajstić information content (AvgIpc) is 2.86. The fourth-order valence-electron chi connectivity index (χ4n) is 2.19. The number of nitrogens with zero attached hydrogens (tertiary/aromatic N) is 4. The molecule has 2 aromatic heterocycles. The number of fused-ring (bicyclic) bond motifs is 1. The van der Waals surface area contributed by atoms with Crippen molar-refractivity contribution in [3.63, 3.8) is 0 Å². The van der Waals surface area contributed by atoms with E-state index in [9.17, 15) is 0 Å². The predicted molar refractivity (Wildman–Crippen MR) is 82.9 cm³/mol. The van der Waals surface area contributed by atoms with Gasteiger partial charge in [0.1, 0.15) is 11.3 Å². The van der Waals surface area contributed by atoms with E-state index < -0.39 is 0 Å². The molecule has 0 spiro atoms. The molecule has 1 aromatic carbocycles. The van der Waals surface area contributed by atoms with Crippen molar-refractivity contribution in [3.05, 3.63) is 52.9 Å². The molecule has 0 radical (unpaired) electrons. The molecule has 21 heavy (non-hydrogen) atoms. The van der Waals surface area contributed by atoms with Crippen molar-refractivity contribution in [2.75, 3.05) is 0 Å². The van der Waals surface area contributed by atoms with Crippen LogP contribution >= 0.6 is 23.2 Å². The maximum absolute atomic E-state index is 9.05. The summed E-state index contributed by atoms with van der Waals surface area (Å²) in [5, 5.41) is 9.27. The normalized spacial score (nSPS) is 12.3. The van der Waals surface area contributed by atoms with Gasteiger partial charge in [0.05, 0.1) is 27.7 Å². The van der Waals surface area contributed by atoms with E-state index in [4.69, 9.17) is 28.5 Å². The minimum Gasteiger partial charge on any atom is -0.279 e. The second-order valence-electron chi connectivity index (χ2n) is 4.58. The van der Waals surface area contributed by atoms with Crippen LogP contribution in [-0.4, -0.2) is 14.5 Å². The summed E-state index contributed by atoms with van der Waals surface area (Å²) < 4.78 is 1.85. The van der Waals surface area contributed by atoms with Crippen LogP contribution in [0.5, 0.6) is 0 Å². The van der Waals surface area contributed by atoms with Crippen molar-refractivity contribution in [2.24, 2.45) is 0 Å². The summed E-state index contributed by atoms with van der Waals surface area (Å²) in [5.41, 5.74) is 2.70. The molecule has 0 bridgehead atoms. The van der Waals surface area contributed by atoms with Gasteiger partial charge in [-0.15, -0.1) is 11.6 Å². The molecule has 0 aliphatic heterocycles. The molecule has 1 atom stereocenters. The minimum atomic E-state index is -0.302. The molecule has 0 saturated heterocycles. The van der Waals surface area contributed by atoms with Crippen LogP contribution < -0.4 is 0 Å². The van der Waals surface area contributed by atoms with E-state index in [2.05, 4.69) is 16.0 Å². The molecule has 3 rings (SSSR count). The van der Waals surface area contributed by atoms with Crippen molar-refractivity contribution < 1.29 is 0 Å². The second-order valence-corrected chi connectivity index (χ2v) is 5.67. The Bertz CT molecular complexity index is 862. The zero-order valence-electron chi connectivity index (χ0n) is 11.1. The number of alkyl halides is 1. The number of hydrogen-bond acceptors (Lipinski definition) is 3. The summed E-state index contributed by atoms with van der Waals surface area (Å²) in [6.45, 7) is 1.84. The Kier molecular flexibility index (Phi) is 3.54. The van der Waals surface area contributed by atoms with Gasteiger partial charge in [-0.3, -0.25) is 4.57 Å². The lowest BCUT2D eigenvalue weighted by atomic mass is 10.2. The van der Waals surface area contributed by atoms with E-state index in [0.717, 1.165) is 5.69 Å². The highest BCUT2D eigenvalue weighted by atomic mass is 35.5. The molecule has 0 N–H and O–H groups in total. The van der Waals surface area contributed by atoms with Crippen molar-refractivity contribution >= 4 is 34.4 Å². The van der Waals surface area contributed by atoms with Crippen LogP contribution in [0.15, 0.2) is 36.5 Å². The first-order chi connectivity index (χ1) is 10.1. The largest absolute Gasteiger partial charge is 0.279 e. The average molecular weight is 317 g/mol. The third-order valence-electron chi connectivity index (χ3n) is 3.08. The van der Waals surface area contributed by atoms with Gasteiger partial charge in [-0.05, 0) is 31.2 Å². The van der Waals surface area contributed by atoms with E-state index in [-0.39, 0.29) is 5.38 Å². The number of hydrogen-bond donors (Lipinski definition) is 0. The number of halogens is 2. The van der Waals surface area contributed by atoms with Crippen LogP contribution in [0.3, 0.4) is 0 Å². The molecule has 6 heteroatoms. The Morgan fingerprint density at radius 2 is 2.14 bits per heavy atom. The summed E-state index contributed by atoms with van der Waals surface area (Å²) in [5.74, 6) is 0.663. The highest BCUT2D eigenvalue weighted by molar-refractivity contribution is 6.31. The third-order valence-corrected chi connectivity index (χ3v) is 3.48. The maximum Gasteiger partial charge on any atom is 0.164 e. The van der Waals surface area contributed by atoms with Crippen molar-refractivity contribution in [1.29, 1.82) is 5.26 Å². The van der Waals surface area contributed by atoms with Crippen LogP contribution in [-0.2, 0) is 0 Å². The number of nitriles is 1. The van der Waals surface area contributed by atoms with Gasteiger partial charge >= 0.3 is 0 Å². The zero-order chi connectivity index (χ0) is 15.0. The van der Waals surface area contributed by atoms with Gasteiger partial charge in [0.15, 0.2) is 5.65 Å². The molecule has 0 aliphatic carbocycles. The van der Waals surface area contributed by atoms with Crippen molar-refractivity contribution in [2.45, 2.75) is 12.3 Å². The van der Waals surface area contributed by atoms with E-state index in [1.54, 1.807) is 24.4 Å². The lowest BCUT2D eigenvalue weighted by molar-refractivity contribution is 0.877. The van der Waals surface area contributed by atoms with E-state index in [1.165, 1.54) is 0 Å². The predicted octanol–water partition coefficient (Wildman–Crippen LogP) is 4.25. The molecule has 1 unspecified atom stereocenters. The van der Waals surface area contributed by atoms with Gasteiger partial charge in [-0.2, -0.15) is 5.26 Å². The minimum absolute atomic E-state index is 0.302. The van der Waals surface area contributed by atoms with Crippen LogP contribution in [0.25, 0.3) is 16.9 Å². The molecule has 3 aromatic rings. The fourth-order valence-corrected chi connectivity index (χ4v) is 2.49. The Labute approximate surface area is 131 Å². The smallest absolute Gasteiger partial charge is 0.164 e.